The summed E-state index contributed by atoms with van der Waals surface area (Å²) in [5.41, 5.74) is 61.6. The molecule has 0 aliphatic rings. The van der Waals surface area contributed by atoms with Gasteiger partial charge >= 0.3 is 0 Å². The van der Waals surface area contributed by atoms with Crippen LogP contribution in [-0.4, -0.2) is 109 Å². The van der Waals surface area contributed by atoms with Crippen LogP contribution in [-0.2, 0) is 0 Å². The number of aldehydes is 2. The van der Waals surface area contributed by atoms with Crippen molar-refractivity contribution in [2.75, 3.05) is 37.2 Å². The Balaban J connectivity index is 0.000000242. The molecule has 2 heterocycles. The van der Waals surface area contributed by atoms with Crippen LogP contribution in [0.4, 0.5) is 44.2 Å². The molecule has 0 aliphatic carbocycles. The van der Waals surface area contributed by atoms with Crippen molar-refractivity contribution < 1.29 is 47.9 Å². The molecule has 0 atom stereocenters. The van der Waals surface area contributed by atoms with Gasteiger partial charge in [0.1, 0.15) is 92.4 Å². The number of fused-ring (bicyclic) bond motifs is 2. The quantitative estimate of drug-likeness (QED) is 0.00641. The third kappa shape index (κ3) is 26.3. The molecule has 13 rings (SSSR count). The number of nitrogens with one attached hydrogen (secondary N) is 6. The average molecular weight is 1880 g/mol. The standard InChI is InChI=1S/C40H46N8O.C20H24O3.C11H13FO.C10H14N4O2.C10H16N4.C9H12O2.C7H5N3O2/c1-19(2)43-37(41)27-11-14-30-32(17-27)47-39(45-30)29-13-16-34(22(6)21(29)5)49-36-25(9)23(7)35(24(8)26(36)10)40-46-31-15-12-28(18-33(31)48-40)38(42)44-20(3)4;1-11-15(5)20(16(6)12(2)17(11)10-21)23-19-9-8-18(22-7)13(3)14(19)4;1-6-8(3)11(12)9(4)7(2)10(6)5-13;1-6(2)13-10(12)7-3-4-8(11)9(5-7)14(15)16;1-6(2)14-10(13)7-3-4-8(11)9(12)5-7;1-6-7(2)9(11-3)5-4-8(6)10;1-9-5-2-3-6(8)7(4-5)10(11)12/h11-20H,1-10H3,(H2,41,43)(H2,42,44)(H,45,47)(H,46,48);8-10H,1-7H3;5H,1-4H3;3-6H,11H2,1-2H3,(H2,12,13);3-6H,11-12H2,1-2H3,(H2,13,14);4-5,10H,1-3H3;2-4H,8H2. The molecule has 19 N–H and O–H groups in total. The highest BCUT2D eigenvalue weighted by Crippen LogP contribution is 2.44. The molecule has 13 aromatic rings. The van der Waals surface area contributed by atoms with Gasteiger partial charge in [0.2, 0.25) is 0 Å². The summed E-state index contributed by atoms with van der Waals surface area (Å²) in [7, 11) is 3.29. The number of benzene rings is 11. The highest BCUT2D eigenvalue weighted by Gasteiger charge is 2.25. The molecule has 30 nitrogen and oxygen atoms in total. The van der Waals surface area contributed by atoms with Crippen molar-refractivity contribution in [1.82, 2.24) is 30.6 Å². The number of nitrogens with two attached hydrogens (primary N) is 6. The van der Waals surface area contributed by atoms with Crippen LogP contribution in [0.1, 0.15) is 199 Å². The van der Waals surface area contributed by atoms with Gasteiger partial charge in [0.25, 0.3) is 11.4 Å². The molecule has 0 radical (unpaired) electrons. The summed E-state index contributed by atoms with van der Waals surface area (Å²) in [5.74, 6) is 8.27. The van der Waals surface area contributed by atoms with E-state index in [1.807, 2.05) is 171 Å². The monoisotopic (exact) mass is 1880 g/mol. The number of phenolic OH excluding ortho intramolecular Hbond substituents is 1. The molecule has 0 saturated heterocycles. The number of rotatable bonds is 20. The second-order valence-corrected chi connectivity index (χ2v) is 34.7. The van der Waals surface area contributed by atoms with Crippen LogP contribution in [0.3, 0.4) is 0 Å². The van der Waals surface area contributed by atoms with Crippen LogP contribution in [0.5, 0.6) is 40.2 Å². The van der Waals surface area contributed by atoms with E-state index in [0.29, 0.717) is 56.9 Å². The van der Waals surface area contributed by atoms with E-state index in [0.717, 1.165) is 209 Å². The molecule has 0 saturated carbocycles. The maximum absolute atomic E-state index is 13.5. The number of anilines is 4. The van der Waals surface area contributed by atoms with Crippen LogP contribution in [0.25, 0.3) is 49.7 Å². The maximum Gasteiger partial charge on any atom is 0.292 e. The predicted molar refractivity (Wildman–Crippen MR) is 558 cm³/mol. The van der Waals surface area contributed by atoms with Gasteiger partial charge in [-0.25, -0.2) is 19.2 Å². The van der Waals surface area contributed by atoms with E-state index in [-0.39, 0.29) is 64.3 Å². The number of ether oxygens (including phenoxy) is 4. The number of amidine groups is 4. The van der Waals surface area contributed by atoms with Gasteiger partial charge in [-0.2, -0.15) is 0 Å². The van der Waals surface area contributed by atoms with E-state index in [4.69, 9.17) is 80.7 Å². The van der Waals surface area contributed by atoms with E-state index in [2.05, 4.69) is 83.0 Å². The van der Waals surface area contributed by atoms with Crippen LogP contribution >= 0.6 is 0 Å². The molecule has 0 aliphatic heterocycles. The molecule has 138 heavy (non-hydrogen) atoms. The number of carbonyl (C=O) groups is 2. The van der Waals surface area contributed by atoms with Crippen LogP contribution in [0.2, 0.25) is 0 Å². The van der Waals surface area contributed by atoms with E-state index in [9.17, 15) is 39.3 Å². The van der Waals surface area contributed by atoms with Gasteiger partial charge in [0, 0.05) is 80.8 Å². The van der Waals surface area contributed by atoms with Gasteiger partial charge in [-0.3, -0.25) is 50.6 Å². The number of aliphatic imine (C=N–C) groups is 2. The number of halogens is 1. The van der Waals surface area contributed by atoms with Gasteiger partial charge in [-0.1, -0.05) is 6.07 Å². The minimum atomic E-state index is -0.607. The molecule has 2 aromatic heterocycles. The van der Waals surface area contributed by atoms with Crippen molar-refractivity contribution in [3.8, 4) is 63.0 Å². The number of aromatic nitrogens is 4. The number of hydrogen-bond acceptors (Lipinski definition) is 21. The lowest BCUT2D eigenvalue weighted by molar-refractivity contribution is -0.384. The van der Waals surface area contributed by atoms with Crippen molar-refractivity contribution in [2.24, 2.45) is 21.5 Å². The Kier molecular flexibility index (Phi) is 37.7. The van der Waals surface area contributed by atoms with Crippen LogP contribution < -0.4 is 64.0 Å². The molecule has 0 fully saturated rings. The van der Waals surface area contributed by atoms with E-state index >= 15 is 0 Å². The van der Waals surface area contributed by atoms with Gasteiger partial charge in [0.05, 0.1) is 64.1 Å². The third-order valence-electron chi connectivity index (χ3n) is 23.9. The van der Waals surface area contributed by atoms with E-state index in [1.54, 1.807) is 72.2 Å². The Bertz CT molecular complexity index is 6810. The molecule has 0 unspecified atom stereocenters. The number of phenols is 1. The minimum absolute atomic E-state index is 0.0385. The number of carbonyl (C=O) groups excluding carboxylic acids is 2. The molecule has 31 heteroatoms. The Labute approximate surface area is 806 Å². The smallest absolute Gasteiger partial charge is 0.292 e. The first-order valence-electron chi connectivity index (χ1n) is 44.6. The van der Waals surface area contributed by atoms with Crippen LogP contribution in [0, 0.1) is 168 Å². The van der Waals surface area contributed by atoms with E-state index < -0.39 is 9.85 Å². The zero-order valence-electron chi connectivity index (χ0n) is 84.1. The fraction of sp³-hybridized carbons (Fsp3) is 0.299. The lowest BCUT2D eigenvalue weighted by Gasteiger charge is -2.21. The molecular formula is C107H130FN19O11. The topological polar surface area (TPSA) is 492 Å². The lowest BCUT2D eigenvalue weighted by atomic mass is 9.92. The number of aromatic amines is 2. The number of nitrogens with zero attached hydrogens (tertiary/aromatic N) is 7. The summed E-state index contributed by atoms with van der Waals surface area (Å²) in [6.45, 7) is 57.8. The summed E-state index contributed by atoms with van der Waals surface area (Å²) in [6, 6.07) is 37.3. The fourth-order valence-electron chi connectivity index (χ4n) is 14.8. The summed E-state index contributed by atoms with van der Waals surface area (Å²) in [6.07, 6.45) is 1.72. The Morgan fingerprint density at radius 3 is 1.23 bits per heavy atom. The minimum Gasteiger partial charge on any atom is -0.508 e. The summed E-state index contributed by atoms with van der Waals surface area (Å²) in [5, 5.41) is 53.4. The van der Waals surface area contributed by atoms with E-state index in [1.165, 1.54) is 24.3 Å². The number of nitrogen functional groups attached to an aromatic ring is 4. The predicted octanol–water partition coefficient (Wildman–Crippen LogP) is 23.1. The number of nitro groups is 2. The largest absolute Gasteiger partial charge is 0.508 e. The van der Waals surface area contributed by atoms with Gasteiger partial charge in [0.15, 0.2) is 18.3 Å². The number of nitro benzene ring substituents is 2. The maximum atomic E-state index is 13.5. The Morgan fingerprint density at radius 2 is 0.812 bits per heavy atom. The first kappa shape index (κ1) is 109. The number of H-pyrrole nitrogens is 2. The zero-order chi connectivity index (χ0) is 103. The number of imidazole rings is 2. The van der Waals surface area contributed by atoms with Crippen LogP contribution in [0.15, 0.2) is 137 Å². The highest BCUT2D eigenvalue weighted by molar-refractivity contribution is 6.02. The fourth-order valence-corrected chi connectivity index (χ4v) is 14.8. The Morgan fingerprint density at radius 1 is 0.449 bits per heavy atom. The Hall–Kier alpha value is -16.0. The number of methoxy groups -OCH3 is 2. The molecule has 0 spiro atoms. The molecular weight excluding hydrogens is 1750 g/mol. The molecule has 0 bridgehead atoms. The van der Waals surface area contributed by atoms with Crippen molar-refractivity contribution in [2.45, 2.75) is 204 Å². The van der Waals surface area contributed by atoms with Crippen molar-refractivity contribution >= 4 is 97.8 Å². The molecule has 11 aromatic carbocycles. The summed E-state index contributed by atoms with van der Waals surface area (Å²) < 4.78 is 36.9. The highest BCUT2D eigenvalue weighted by atomic mass is 19.1. The molecule has 726 valence electrons. The third-order valence-corrected chi connectivity index (χ3v) is 23.9. The van der Waals surface area contributed by atoms with Gasteiger partial charge in [-0.15, -0.1) is 0 Å². The van der Waals surface area contributed by atoms with Crippen molar-refractivity contribution in [1.29, 1.82) is 10.8 Å². The first-order valence-corrected chi connectivity index (χ1v) is 44.6. The summed E-state index contributed by atoms with van der Waals surface area (Å²) >= 11 is 0. The second-order valence-electron chi connectivity index (χ2n) is 34.7. The van der Waals surface area contributed by atoms with Gasteiger partial charge in [-0.05, 0) is 389 Å². The second kappa shape index (κ2) is 47.8. The van der Waals surface area contributed by atoms with Crippen molar-refractivity contribution in [3.05, 3.63) is 298 Å². The summed E-state index contributed by atoms with van der Waals surface area (Å²) in [4.78, 5) is 70.1. The normalized spacial score (nSPS) is 11.0. The van der Waals surface area contributed by atoms with Crippen molar-refractivity contribution in [3.63, 3.8) is 0 Å². The SMILES string of the molecule is CC(C)N=C(N)c1ccc(N)c(N)c1.CC(C)N=C(N)c1ccc(N)c([N+](=O)[O-])c1.COc1ccc(O)c(C)c1C.COc1ccc(Oc2c(C)c(C)c(C=O)c(C)c2C)c(C)c1C.Cc1c(C)c(C=O)c(C)c(C)c1F.Cc1c(Oc2c(C)c(C)c(-c3nc4ccc(C(=N)NC(C)C)cc4[nH]3)c(C)c2C)ccc(-c2nc3ccc(C(=N)NC(C)C)cc3[nH]2)c1C.[C-]#[N+]c1ccc(N)c([N+](=O)[O-])c1. The first-order chi connectivity index (χ1) is 64.8. The lowest BCUT2D eigenvalue weighted by Crippen LogP contribution is -2.30. The average Bonchev–Trinajstić information content (AvgIpc) is 1.53. The van der Waals surface area contributed by atoms with Gasteiger partial charge < -0.3 is 79.1 Å². The number of aromatic hydroxyl groups is 1. The number of hydrogen-bond donors (Lipinski definition) is 13. The zero-order valence-corrected chi connectivity index (χ0v) is 84.1. The molecule has 0 amide bonds.